The Morgan fingerprint density at radius 2 is 2.25 bits per heavy atom. The number of rotatable bonds is 5. The van der Waals surface area contributed by atoms with E-state index < -0.39 is 0 Å². The van der Waals surface area contributed by atoms with Crippen LogP contribution in [0.15, 0.2) is 22.8 Å². The summed E-state index contributed by atoms with van der Waals surface area (Å²) in [5, 5.41) is 0. The smallest absolute Gasteiger partial charge is 0.213 e. The fourth-order valence-corrected chi connectivity index (χ4v) is 1.76. The van der Waals surface area contributed by atoms with E-state index >= 15 is 0 Å². The molecule has 1 heterocycles. The molecule has 86 valence electrons. The van der Waals surface area contributed by atoms with Gasteiger partial charge in [-0.15, -0.1) is 0 Å². The molecule has 1 aliphatic carbocycles. The van der Waals surface area contributed by atoms with E-state index in [1.807, 2.05) is 12.1 Å². The minimum atomic E-state index is 0.158. The van der Waals surface area contributed by atoms with E-state index in [9.17, 15) is 4.79 Å². The Balaban J connectivity index is 1.73. The van der Waals surface area contributed by atoms with Crippen molar-refractivity contribution in [2.45, 2.75) is 25.0 Å². The number of ether oxygens (including phenoxy) is 2. The molecule has 5 heteroatoms. The summed E-state index contributed by atoms with van der Waals surface area (Å²) in [6.45, 7) is 0.175. The van der Waals surface area contributed by atoms with E-state index in [1.165, 1.54) is 0 Å². The van der Waals surface area contributed by atoms with Crippen molar-refractivity contribution in [3.05, 3.63) is 22.8 Å². The van der Waals surface area contributed by atoms with Gasteiger partial charge in [0.05, 0.1) is 6.10 Å². The van der Waals surface area contributed by atoms with E-state index in [4.69, 9.17) is 9.47 Å². The Kier molecular flexibility index (Phi) is 3.90. The summed E-state index contributed by atoms with van der Waals surface area (Å²) in [5.41, 5.74) is 0. The normalized spacial score (nSPS) is 23.6. The van der Waals surface area contributed by atoms with Gasteiger partial charge in [-0.1, -0.05) is 0 Å². The lowest BCUT2D eigenvalue weighted by Crippen LogP contribution is -2.39. The molecule has 1 aromatic heterocycles. The average Bonchev–Trinajstić information content (AvgIpc) is 2.24. The standard InChI is InChI=1S/C11H12BrNO3/c12-8-1-2-11(13-7-8)16-10-5-9(6-10)15-4-3-14/h1-3,7,9-10H,4-6H2. The van der Waals surface area contributed by atoms with Crippen molar-refractivity contribution in [2.24, 2.45) is 0 Å². The van der Waals surface area contributed by atoms with E-state index in [0.717, 1.165) is 23.6 Å². The summed E-state index contributed by atoms with van der Waals surface area (Å²) >= 11 is 3.31. The summed E-state index contributed by atoms with van der Waals surface area (Å²) in [6, 6.07) is 3.71. The molecule has 1 saturated carbocycles. The number of aromatic nitrogens is 1. The van der Waals surface area contributed by atoms with Crippen LogP contribution in [0, 0.1) is 0 Å². The topological polar surface area (TPSA) is 48.4 Å². The van der Waals surface area contributed by atoms with E-state index in [-0.39, 0.29) is 18.8 Å². The number of pyridine rings is 1. The zero-order valence-electron chi connectivity index (χ0n) is 8.64. The molecule has 0 N–H and O–H groups in total. The van der Waals surface area contributed by atoms with Crippen molar-refractivity contribution in [2.75, 3.05) is 6.61 Å². The van der Waals surface area contributed by atoms with E-state index in [2.05, 4.69) is 20.9 Å². The lowest BCUT2D eigenvalue weighted by atomic mass is 9.92. The molecule has 16 heavy (non-hydrogen) atoms. The number of carbonyl (C=O) groups excluding carboxylic acids is 1. The van der Waals surface area contributed by atoms with Gasteiger partial charge in [0, 0.05) is 29.6 Å². The van der Waals surface area contributed by atoms with Crippen LogP contribution in [0.5, 0.6) is 5.88 Å². The predicted octanol–water partition coefficient (Wildman–Crippen LogP) is 1.97. The highest BCUT2D eigenvalue weighted by Gasteiger charge is 2.31. The third-order valence-electron chi connectivity index (χ3n) is 2.44. The second-order valence-electron chi connectivity index (χ2n) is 3.65. The number of nitrogens with zero attached hydrogens (tertiary/aromatic N) is 1. The molecule has 0 unspecified atom stereocenters. The van der Waals surface area contributed by atoms with Crippen LogP contribution >= 0.6 is 15.9 Å². The van der Waals surface area contributed by atoms with Crippen molar-refractivity contribution < 1.29 is 14.3 Å². The minimum Gasteiger partial charge on any atom is -0.474 e. The summed E-state index contributed by atoms with van der Waals surface area (Å²) < 4.78 is 11.8. The first kappa shape index (κ1) is 11.5. The Hall–Kier alpha value is -0.940. The van der Waals surface area contributed by atoms with Crippen molar-refractivity contribution in [1.82, 2.24) is 4.98 Å². The Bertz CT molecular complexity index is 349. The van der Waals surface area contributed by atoms with Crippen LogP contribution in [-0.4, -0.2) is 30.1 Å². The van der Waals surface area contributed by atoms with Crippen molar-refractivity contribution >= 4 is 22.2 Å². The van der Waals surface area contributed by atoms with Gasteiger partial charge in [0.2, 0.25) is 5.88 Å². The molecule has 0 saturated heterocycles. The number of carbonyl (C=O) groups is 1. The van der Waals surface area contributed by atoms with Gasteiger partial charge in [-0.3, -0.25) is 0 Å². The monoisotopic (exact) mass is 285 g/mol. The molecule has 0 radical (unpaired) electrons. The molecule has 2 rings (SSSR count). The lowest BCUT2D eigenvalue weighted by molar-refractivity contribution is -0.119. The second-order valence-corrected chi connectivity index (χ2v) is 4.56. The number of hydrogen-bond acceptors (Lipinski definition) is 4. The molecular formula is C11H12BrNO3. The molecule has 0 aliphatic heterocycles. The van der Waals surface area contributed by atoms with E-state index in [0.29, 0.717) is 5.88 Å². The maximum Gasteiger partial charge on any atom is 0.213 e. The third-order valence-corrected chi connectivity index (χ3v) is 2.91. The number of aldehydes is 1. The van der Waals surface area contributed by atoms with Gasteiger partial charge in [0.25, 0.3) is 0 Å². The fraction of sp³-hybridized carbons (Fsp3) is 0.455. The molecule has 1 fully saturated rings. The second kappa shape index (κ2) is 5.41. The Labute approximate surface area is 102 Å². The summed E-state index contributed by atoms with van der Waals surface area (Å²) in [4.78, 5) is 14.2. The average molecular weight is 286 g/mol. The highest BCUT2D eigenvalue weighted by Crippen LogP contribution is 2.27. The Morgan fingerprint density at radius 1 is 1.44 bits per heavy atom. The van der Waals surface area contributed by atoms with Crippen molar-refractivity contribution in [1.29, 1.82) is 0 Å². The lowest BCUT2D eigenvalue weighted by Gasteiger charge is -2.34. The summed E-state index contributed by atoms with van der Waals surface area (Å²) in [7, 11) is 0. The highest BCUT2D eigenvalue weighted by atomic mass is 79.9. The molecule has 0 amide bonds. The Morgan fingerprint density at radius 3 is 2.88 bits per heavy atom. The first-order chi connectivity index (χ1) is 7.78. The largest absolute Gasteiger partial charge is 0.474 e. The van der Waals surface area contributed by atoms with Crippen LogP contribution in [0.1, 0.15) is 12.8 Å². The van der Waals surface area contributed by atoms with Crippen LogP contribution in [0.3, 0.4) is 0 Å². The van der Waals surface area contributed by atoms with Gasteiger partial charge >= 0.3 is 0 Å². The SMILES string of the molecule is O=CCOC1CC(Oc2ccc(Br)cn2)C1. The van der Waals surface area contributed by atoms with Crippen LogP contribution in [0.25, 0.3) is 0 Å². The van der Waals surface area contributed by atoms with Gasteiger partial charge in [-0.05, 0) is 22.0 Å². The number of hydrogen-bond donors (Lipinski definition) is 0. The predicted molar refractivity (Wildman–Crippen MR) is 61.4 cm³/mol. The molecule has 1 aromatic rings. The van der Waals surface area contributed by atoms with Crippen LogP contribution in [0.2, 0.25) is 0 Å². The quantitative estimate of drug-likeness (QED) is 0.776. The molecule has 0 aromatic carbocycles. The molecule has 0 atom stereocenters. The van der Waals surface area contributed by atoms with Crippen LogP contribution in [0.4, 0.5) is 0 Å². The fourth-order valence-electron chi connectivity index (χ4n) is 1.53. The molecular weight excluding hydrogens is 274 g/mol. The third kappa shape index (κ3) is 3.02. The zero-order chi connectivity index (χ0) is 11.4. The van der Waals surface area contributed by atoms with Crippen molar-refractivity contribution in [3.63, 3.8) is 0 Å². The first-order valence-electron chi connectivity index (χ1n) is 5.11. The summed E-state index contributed by atoms with van der Waals surface area (Å²) in [6.07, 6.45) is 4.44. The maximum absolute atomic E-state index is 10.1. The minimum absolute atomic E-state index is 0.158. The molecule has 4 nitrogen and oxygen atoms in total. The van der Waals surface area contributed by atoms with Crippen LogP contribution in [-0.2, 0) is 9.53 Å². The van der Waals surface area contributed by atoms with Gasteiger partial charge in [0.1, 0.15) is 19.0 Å². The molecule has 0 spiro atoms. The van der Waals surface area contributed by atoms with Gasteiger partial charge in [-0.25, -0.2) is 4.98 Å². The zero-order valence-corrected chi connectivity index (χ0v) is 10.2. The van der Waals surface area contributed by atoms with Gasteiger partial charge in [-0.2, -0.15) is 0 Å². The van der Waals surface area contributed by atoms with Crippen LogP contribution < -0.4 is 4.74 Å². The molecule has 0 bridgehead atoms. The highest BCUT2D eigenvalue weighted by molar-refractivity contribution is 9.10. The number of halogens is 1. The first-order valence-corrected chi connectivity index (χ1v) is 5.90. The van der Waals surface area contributed by atoms with Gasteiger partial charge < -0.3 is 14.3 Å². The van der Waals surface area contributed by atoms with Crippen molar-refractivity contribution in [3.8, 4) is 5.88 Å². The van der Waals surface area contributed by atoms with E-state index in [1.54, 1.807) is 6.20 Å². The summed E-state index contributed by atoms with van der Waals surface area (Å²) in [5.74, 6) is 0.627. The van der Waals surface area contributed by atoms with Gasteiger partial charge in [0.15, 0.2) is 0 Å². The molecule has 1 aliphatic rings. The maximum atomic E-state index is 10.1.